The molecular weight excluding hydrogens is 414 g/mol. The summed E-state index contributed by atoms with van der Waals surface area (Å²) in [7, 11) is 3.31. The van der Waals surface area contributed by atoms with Crippen LogP contribution in [-0.4, -0.2) is 45.9 Å². The molecule has 0 saturated heterocycles. The molecule has 5 rings (SSSR count). The molecule has 4 aromatic rings. The Hall–Kier alpha value is -3.71. The number of benzene rings is 3. The summed E-state index contributed by atoms with van der Waals surface area (Å²) in [4.78, 5) is 2.44. The van der Waals surface area contributed by atoms with E-state index in [0.717, 1.165) is 36.5 Å². The number of rotatable bonds is 7. The van der Waals surface area contributed by atoms with Crippen molar-refractivity contribution < 1.29 is 9.47 Å². The fourth-order valence-corrected chi connectivity index (χ4v) is 4.56. The number of aromatic nitrogens is 4. The highest BCUT2D eigenvalue weighted by Gasteiger charge is 2.31. The second kappa shape index (κ2) is 9.42. The molecule has 1 atom stereocenters. The van der Waals surface area contributed by atoms with Gasteiger partial charge in [0, 0.05) is 13.1 Å². The van der Waals surface area contributed by atoms with E-state index in [0.29, 0.717) is 18.0 Å². The first-order valence-electron chi connectivity index (χ1n) is 11.1. The van der Waals surface area contributed by atoms with Gasteiger partial charge in [0.25, 0.3) is 0 Å². The van der Waals surface area contributed by atoms with Gasteiger partial charge in [-0.2, -0.15) is 0 Å². The van der Waals surface area contributed by atoms with Crippen molar-refractivity contribution in [2.45, 2.75) is 25.6 Å². The van der Waals surface area contributed by atoms with Gasteiger partial charge < -0.3 is 9.47 Å². The molecule has 0 fully saturated rings. The number of ether oxygens (including phenoxy) is 2. The Bertz CT molecular complexity index is 1220. The highest BCUT2D eigenvalue weighted by Crippen LogP contribution is 2.36. The molecule has 7 heteroatoms. The molecule has 168 valence electrons. The molecule has 0 N–H and O–H groups in total. The zero-order valence-electron chi connectivity index (χ0n) is 18.9. The van der Waals surface area contributed by atoms with E-state index in [1.54, 1.807) is 14.2 Å². The van der Waals surface area contributed by atoms with Gasteiger partial charge in [0.1, 0.15) is 0 Å². The molecule has 0 saturated carbocycles. The SMILES string of the molecule is COc1ccc([C@@H](c2nnnn2Cc2ccccc2)N2CCc3ccccc3C2)cc1OC. The normalized spacial score (nSPS) is 14.5. The Morgan fingerprint density at radius 3 is 2.42 bits per heavy atom. The predicted molar refractivity (Wildman–Crippen MR) is 125 cm³/mol. The molecule has 0 amide bonds. The van der Waals surface area contributed by atoms with Gasteiger partial charge in [-0.3, -0.25) is 4.90 Å². The first-order valence-corrected chi connectivity index (χ1v) is 11.1. The lowest BCUT2D eigenvalue weighted by Crippen LogP contribution is -2.36. The van der Waals surface area contributed by atoms with Crippen LogP contribution in [0.2, 0.25) is 0 Å². The zero-order valence-corrected chi connectivity index (χ0v) is 18.9. The Balaban J connectivity index is 1.57. The molecule has 1 aliphatic rings. The maximum absolute atomic E-state index is 5.61. The maximum atomic E-state index is 5.61. The van der Waals surface area contributed by atoms with Gasteiger partial charge in [-0.25, -0.2) is 4.68 Å². The summed E-state index contributed by atoms with van der Waals surface area (Å²) in [6.07, 6.45) is 0.986. The smallest absolute Gasteiger partial charge is 0.173 e. The van der Waals surface area contributed by atoms with Crippen LogP contribution in [-0.2, 0) is 19.5 Å². The monoisotopic (exact) mass is 441 g/mol. The molecule has 1 aliphatic heterocycles. The van der Waals surface area contributed by atoms with Gasteiger partial charge in [0.05, 0.1) is 26.8 Å². The van der Waals surface area contributed by atoms with Crippen LogP contribution in [0.1, 0.15) is 34.1 Å². The van der Waals surface area contributed by atoms with Crippen molar-refractivity contribution in [2.24, 2.45) is 0 Å². The van der Waals surface area contributed by atoms with Crippen LogP contribution < -0.4 is 9.47 Å². The fraction of sp³-hybridized carbons (Fsp3) is 0.269. The summed E-state index contributed by atoms with van der Waals surface area (Å²) in [5, 5.41) is 12.9. The molecule has 2 heterocycles. The Morgan fingerprint density at radius 2 is 1.64 bits per heavy atom. The topological polar surface area (TPSA) is 65.3 Å². The molecule has 0 bridgehead atoms. The lowest BCUT2D eigenvalue weighted by Gasteiger charge is -2.35. The zero-order chi connectivity index (χ0) is 22.6. The highest BCUT2D eigenvalue weighted by atomic mass is 16.5. The third-order valence-corrected chi connectivity index (χ3v) is 6.23. The minimum absolute atomic E-state index is 0.128. The highest BCUT2D eigenvalue weighted by molar-refractivity contribution is 5.45. The standard InChI is InChI=1S/C26H27N5O2/c1-32-23-13-12-21(16-24(23)33-2)25(30-15-14-20-10-6-7-11-22(20)18-30)26-27-28-29-31(26)17-19-8-4-3-5-9-19/h3-13,16,25H,14-15,17-18H2,1-2H3/t25-/m0/s1. The number of tetrazole rings is 1. The third kappa shape index (κ3) is 4.32. The molecule has 7 nitrogen and oxygen atoms in total. The first-order chi connectivity index (χ1) is 16.3. The lowest BCUT2D eigenvalue weighted by atomic mass is 9.95. The molecule has 33 heavy (non-hydrogen) atoms. The molecule has 3 aromatic carbocycles. The van der Waals surface area contributed by atoms with Gasteiger partial charge in [-0.15, -0.1) is 5.10 Å². The second-order valence-electron chi connectivity index (χ2n) is 8.19. The molecule has 0 radical (unpaired) electrons. The van der Waals surface area contributed by atoms with Gasteiger partial charge in [-0.05, 0) is 51.2 Å². The Labute approximate surface area is 193 Å². The van der Waals surface area contributed by atoms with Crippen LogP contribution in [0.25, 0.3) is 0 Å². The lowest BCUT2D eigenvalue weighted by molar-refractivity contribution is 0.194. The predicted octanol–water partition coefficient (Wildman–Crippen LogP) is 3.89. The van der Waals surface area contributed by atoms with E-state index in [1.165, 1.54) is 11.1 Å². The van der Waals surface area contributed by atoms with Crippen molar-refractivity contribution in [3.05, 3.63) is 101 Å². The van der Waals surface area contributed by atoms with Crippen LogP contribution in [0.5, 0.6) is 11.5 Å². The fourth-order valence-electron chi connectivity index (χ4n) is 4.56. The molecule has 0 unspecified atom stereocenters. The third-order valence-electron chi connectivity index (χ3n) is 6.23. The largest absolute Gasteiger partial charge is 0.493 e. The van der Waals surface area contributed by atoms with Crippen LogP contribution >= 0.6 is 0 Å². The summed E-state index contributed by atoms with van der Waals surface area (Å²) >= 11 is 0. The molecule has 0 spiro atoms. The average Bonchev–Trinajstić information content (AvgIpc) is 3.32. The van der Waals surface area contributed by atoms with E-state index >= 15 is 0 Å². The number of hydrogen-bond acceptors (Lipinski definition) is 6. The van der Waals surface area contributed by atoms with Crippen molar-refractivity contribution in [1.29, 1.82) is 0 Å². The van der Waals surface area contributed by atoms with Crippen LogP contribution in [0, 0.1) is 0 Å². The number of nitrogens with zero attached hydrogens (tertiary/aromatic N) is 5. The van der Waals surface area contributed by atoms with Gasteiger partial charge in [0.2, 0.25) is 0 Å². The second-order valence-corrected chi connectivity index (χ2v) is 8.19. The number of hydrogen-bond donors (Lipinski definition) is 0. The maximum Gasteiger partial charge on any atom is 0.173 e. The van der Waals surface area contributed by atoms with E-state index in [4.69, 9.17) is 9.47 Å². The van der Waals surface area contributed by atoms with Gasteiger partial charge in [0.15, 0.2) is 17.3 Å². The van der Waals surface area contributed by atoms with Crippen molar-refractivity contribution >= 4 is 0 Å². The quantitative estimate of drug-likeness (QED) is 0.434. The summed E-state index contributed by atoms with van der Waals surface area (Å²) in [6.45, 7) is 2.35. The average molecular weight is 442 g/mol. The molecular formula is C26H27N5O2. The van der Waals surface area contributed by atoms with Crippen molar-refractivity contribution in [2.75, 3.05) is 20.8 Å². The summed E-state index contributed by atoms with van der Waals surface area (Å²) in [5.74, 6) is 2.21. The Kier molecular flexibility index (Phi) is 6.04. The number of fused-ring (bicyclic) bond motifs is 1. The molecule has 1 aromatic heterocycles. The van der Waals surface area contributed by atoms with E-state index in [2.05, 4.69) is 62.9 Å². The van der Waals surface area contributed by atoms with Crippen LogP contribution in [0.4, 0.5) is 0 Å². The Morgan fingerprint density at radius 1 is 0.879 bits per heavy atom. The van der Waals surface area contributed by atoms with Gasteiger partial charge in [-0.1, -0.05) is 60.7 Å². The van der Waals surface area contributed by atoms with E-state index < -0.39 is 0 Å². The van der Waals surface area contributed by atoms with Crippen molar-refractivity contribution in [1.82, 2.24) is 25.1 Å². The first kappa shape index (κ1) is 21.2. The van der Waals surface area contributed by atoms with E-state index in [-0.39, 0.29) is 6.04 Å². The minimum atomic E-state index is -0.128. The summed E-state index contributed by atoms with van der Waals surface area (Å²) < 4.78 is 13.0. The van der Waals surface area contributed by atoms with E-state index in [1.807, 2.05) is 35.0 Å². The van der Waals surface area contributed by atoms with Crippen LogP contribution in [0.3, 0.4) is 0 Å². The van der Waals surface area contributed by atoms with Crippen molar-refractivity contribution in [3.63, 3.8) is 0 Å². The van der Waals surface area contributed by atoms with Crippen molar-refractivity contribution in [3.8, 4) is 11.5 Å². The number of methoxy groups -OCH3 is 2. The van der Waals surface area contributed by atoms with Gasteiger partial charge >= 0.3 is 0 Å². The summed E-state index contributed by atoms with van der Waals surface area (Å²) in [5.41, 5.74) is 4.97. The van der Waals surface area contributed by atoms with Crippen LogP contribution in [0.15, 0.2) is 72.8 Å². The summed E-state index contributed by atoms with van der Waals surface area (Å²) in [6, 6.07) is 24.8. The minimum Gasteiger partial charge on any atom is -0.493 e. The molecule has 0 aliphatic carbocycles. The van der Waals surface area contributed by atoms with E-state index in [9.17, 15) is 0 Å².